The van der Waals surface area contributed by atoms with E-state index in [1.807, 2.05) is 0 Å². The van der Waals surface area contributed by atoms with Crippen LogP contribution in [0, 0.1) is 11.6 Å². The zero-order valence-electron chi connectivity index (χ0n) is 12.0. The molecule has 130 valence electrons. The minimum atomic E-state index is -6.52. The van der Waals surface area contributed by atoms with Crippen molar-refractivity contribution in [1.82, 2.24) is 0 Å². The maximum atomic E-state index is 13.0. The van der Waals surface area contributed by atoms with Gasteiger partial charge in [0, 0.05) is 5.66 Å². The summed E-state index contributed by atoms with van der Waals surface area (Å²) in [7, 11) is -4.59. The Kier molecular flexibility index (Phi) is 6.53. The van der Waals surface area contributed by atoms with Crippen LogP contribution in [0.15, 0.2) is 0 Å². The summed E-state index contributed by atoms with van der Waals surface area (Å²) in [4.78, 5) is 0. The summed E-state index contributed by atoms with van der Waals surface area (Å²) in [6.45, 7) is 5.28. The van der Waals surface area contributed by atoms with Crippen molar-refractivity contribution in [2.75, 3.05) is 0 Å². The van der Waals surface area contributed by atoms with E-state index in [2.05, 4.69) is 9.05 Å². The first kappa shape index (κ1) is 21.2. The van der Waals surface area contributed by atoms with Gasteiger partial charge in [0.1, 0.15) is 0 Å². The van der Waals surface area contributed by atoms with E-state index < -0.39 is 37.8 Å². The molecule has 0 unspecified atom stereocenters. The first-order chi connectivity index (χ1) is 9.54. The van der Waals surface area contributed by atoms with Crippen LogP contribution in [-0.4, -0.2) is 30.2 Å². The molecule has 3 nitrogen and oxygen atoms in total. The molecule has 0 heterocycles. The van der Waals surface area contributed by atoms with Crippen LogP contribution in [0.3, 0.4) is 0 Å². The Labute approximate surface area is 122 Å². The van der Waals surface area contributed by atoms with Gasteiger partial charge in [-0.05, 0) is 33.6 Å². The molecule has 0 aromatic heterocycles. The van der Waals surface area contributed by atoms with Crippen molar-refractivity contribution in [3.63, 3.8) is 0 Å². The lowest BCUT2D eigenvalue weighted by molar-refractivity contribution is -0.339. The fourth-order valence-electron chi connectivity index (χ4n) is 1.03. The van der Waals surface area contributed by atoms with Crippen molar-refractivity contribution in [3.05, 3.63) is 0 Å². The van der Waals surface area contributed by atoms with E-state index in [9.17, 15) is 35.3 Å². The van der Waals surface area contributed by atoms with Crippen molar-refractivity contribution in [1.29, 1.82) is 0 Å². The Hall–Kier alpha value is -0.780. The molecule has 0 aliphatic heterocycles. The van der Waals surface area contributed by atoms with Crippen molar-refractivity contribution < 1.29 is 44.3 Å². The van der Waals surface area contributed by atoms with E-state index in [0.29, 0.717) is 5.92 Å². The lowest BCUT2D eigenvalue weighted by Crippen LogP contribution is -2.51. The quantitative estimate of drug-likeness (QED) is 0.401. The SMILES string of the molecule is CC(C)OP(=O)(C#CC(F)(F)C(F)(F)C(F)(F)F)OC(C)C. The topological polar surface area (TPSA) is 35.5 Å². The minimum Gasteiger partial charge on any atom is -0.297 e. The van der Waals surface area contributed by atoms with Crippen LogP contribution in [0.5, 0.6) is 0 Å². The van der Waals surface area contributed by atoms with Crippen LogP contribution in [0.4, 0.5) is 30.7 Å². The number of alkyl halides is 7. The van der Waals surface area contributed by atoms with Gasteiger partial charge in [-0.3, -0.25) is 9.05 Å². The molecule has 0 spiro atoms. The van der Waals surface area contributed by atoms with Crippen LogP contribution >= 0.6 is 7.60 Å². The lowest BCUT2D eigenvalue weighted by Gasteiger charge is -2.24. The van der Waals surface area contributed by atoms with Gasteiger partial charge < -0.3 is 0 Å². The predicted molar refractivity (Wildman–Crippen MR) is 63.8 cm³/mol. The maximum Gasteiger partial charge on any atom is 0.461 e. The van der Waals surface area contributed by atoms with E-state index >= 15 is 0 Å². The third-order valence-corrected chi connectivity index (χ3v) is 3.58. The third kappa shape index (κ3) is 5.45. The van der Waals surface area contributed by atoms with Crippen molar-refractivity contribution in [2.45, 2.75) is 57.9 Å². The second-order valence-electron chi connectivity index (χ2n) is 4.69. The summed E-state index contributed by atoms with van der Waals surface area (Å²) < 4.78 is 108. The monoisotopic (exact) mass is 358 g/mol. The van der Waals surface area contributed by atoms with Crippen LogP contribution in [0.2, 0.25) is 0 Å². The Morgan fingerprint density at radius 3 is 1.50 bits per heavy atom. The van der Waals surface area contributed by atoms with Gasteiger partial charge in [-0.1, -0.05) is 0 Å². The van der Waals surface area contributed by atoms with Gasteiger partial charge in [0.25, 0.3) is 0 Å². The molecule has 0 amide bonds. The molecule has 0 atom stereocenters. The highest BCUT2D eigenvalue weighted by atomic mass is 31.2. The molecular weight excluding hydrogens is 344 g/mol. The van der Waals surface area contributed by atoms with Gasteiger partial charge in [0.05, 0.1) is 12.2 Å². The minimum absolute atomic E-state index is 0.391. The van der Waals surface area contributed by atoms with E-state index in [-0.39, 0.29) is 0 Å². The van der Waals surface area contributed by atoms with E-state index in [0.717, 1.165) is 5.66 Å². The fourth-order valence-corrected chi connectivity index (χ4v) is 2.57. The second kappa shape index (κ2) is 6.77. The largest absolute Gasteiger partial charge is 0.461 e. The first-order valence-electron chi connectivity index (χ1n) is 5.88. The second-order valence-corrected chi connectivity index (χ2v) is 6.33. The zero-order valence-corrected chi connectivity index (χ0v) is 12.9. The van der Waals surface area contributed by atoms with E-state index in [1.54, 1.807) is 0 Å². The molecule has 0 saturated heterocycles. The molecule has 0 aromatic carbocycles. The Balaban J connectivity index is 5.67. The number of rotatable bonds is 5. The number of hydrogen-bond acceptors (Lipinski definition) is 3. The van der Waals surface area contributed by atoms with Gasteiger partial charge in [0.2, 0.25) is 0 Å². The number of halogens is 7. The molecule has 0 bridgehead atoms. The fraction of sp³-hybridized carbons (Fsp3) is 0.818. The van der Waals surface area contributed by atoms with Crippen LogP contribution in [0.25, 0.3) is 0 Å². The molecule has 0 radical (unpaired) electrons. The molecule has 0 N–H and O–H groups in total. The molecular formula is C11H14F7O3P. The summed E-state index contributed by atoms with van der Waals surface area (Å²) in [6.07, 6.45) is -8.22. The van der Waals surface area contributed by atoms with Gasteiger partial charge in [0.15, 0.2) is 0 Å². The standard InChI is InChI=1S/C11H14F7O3P/c1-7(2)20-22(19,21-8(3)4)6-5-9(12,13)10(14,15)11(16,17)18/h7-8H,1-4H3. The average molecular weight is 358 g/mol. The summed E-state index contributed by atoms with van der Waals surface area (Å²) in [5, 5.41) is 0. The molecule has 0 aromatic rings. The molecule has 0 saturated carbocycles. The average Bonchev–Trinajstić information content (AvgIpc) is 2.22. The normalized spacial score (nSPS) is 14.2. The Morgan fingerprint density at radius 2 is 1.23 bits per heavy atom. The molecule has 22 heavy (non-hydrogen) atoms. The predicted octanol–water partition coefficient (Wildman–Crippen LogP) is 4.82. The van der Waals surface area contributed by atoms with Gasteiger partial charge >= 0.3 is 25.6 Å². The molecule has 11 heteroatoms. The highest BCUT2D eigenvalue weighted by Crippen LogP contribution is 2.51. The Bertz CT molecular complexity index is 474. The highest BCUT2D eigenvalue weighted by Gasteiger charge is 2.72. The van der Waals surface area contributed by atoms with Crippen molar-refractivity contribution in [3.8, 4) is 11.6 Å². The zero-order chi connectivity index (χ0) is 18.0. The Morgan fingerprint density at radius 1 is 0.864 bits per heavy atom. The van der Waals surface area contributed by atoms with Gasteiger partial charge in [-0.25, -0.2) is 4.57 Å². The summed E-state index contributed by atoms with van der Waals surface area (Å²) in [5.41, 5.74) is 1.11. The maximum absolute atomic E-state index is 13.0. The van der Waals surface area contributed by atoms with Crippen molar-refractivity contribution in [2.24, 2.45) is 0 Å². The van der Waals surface area contributed by atoms with E-state index in [4.69, 9.17) is 0 Å². The third-order valence-electron chi connectivity index (χ3n) is 1.80. The molecule has 0 aliphatic rings. The van der Waals surface area contributed by atoms with Crippen LogP contribution < -0.4 is 0 Å². The lowest BCUT2D eigenvalue weighted by atomic mass is 10.2. The summed E-state index contributed by atoms with van der Waals surface area (Å²) in [5.74, 6) is -11.8. The van der Waals surface area contributed by atoms with E-state index in [1.165, 1.54) is 27.7 Å². The number of hydrogen-bond donors (Lipinski definition) is 0. The van der Waals surface area contributed by atoms with Crippen LogP contribution in [-0.2, 0) is 13.6 Å². The van der Waals surface area contributed by atoms with Gasteiger partial charge in [-0.15, -0.1) is 0 Å². The van der Waals surface area contributed by atoms with Crippen LogP contribution in [0.1, 0.15) is 27.7 Å². The molecule has 0 rings (SSSR count). The summed E-state index contributed by atoms with van der Waals surface area (Å²) in [6, 6.07) is 0. The highest BCUT2D eigenvalue weighted by molar-refractivity contribution is 7.59. The molecule has 0 aliphatic carbocycles. The molecule has 0 fully saturated rings. The first-order valence-corrected chi connectivity index (χ1v) is 7.42. The summed E-state index contributed by atoms with van der Waals surface area (Å²) >= 11 is 0. The van der Waals surface area contributed by atoms with Crippen molar-refractivity contribution >= 4 is 7.60 Å². The smallest absolute Gasteiger partial charge is 0.297 e. The van der Waals surface area contributed by atoms with Gasteiger partial charge in [-0.2, -0.15) is 30.7 Å².